The molecule has 1 aliphatic rings. The van der Waals surface area contributed by atoms with Crippen molar-refractivity contribution in [1.82, 2.24) is 9.88 Å². The fourth-order valence-corrected chi connectivity index (χ4v) is 3.99. The van der Waals surface area contributed by atoms with Crippen molar-refractivity contribution in [2.24, 2.45) is 5.73 Å². The number of pyridine rings is 1. The minimum Gasteiger partial charge on any atom is -0.496 e. The topological polar surface area (TPSA) is 108 Å². The van der Waals surface area contributed by atoms with Gasteiger partial charge < -0.3 is 24.5 Å². The number of rotatable bonds is 5. The van der Waals surface area contributed by atoms with E-state index in [1.54, 1.807) is 42.6 Å². The number of nitrogens with zero attached hydrogens (tertiary/aromatic N) is 2. The maximum absolute atomic E-state index is 12.6. The first kappa shape index (κ1) is 19.9. The number of primary amides is 1. The molecule has 1 fully saturated rings. The molecule has 162 valence electrons. The first-order valence-corrected chi connectivity index (χ1v) is 10.3. The second-order valence-electron chi connectivity index (χ2n) is 7.65. The van der Waals surface area contributed by atoms with Crippen LogP contribution in [0, 0.1) is 0 Å². The van der Waals surface area contributed by atoms with Gasteiger partial charge in [-0.15, -0.1) is 0 Å². The summed E-state index contributed by atoms with van der Waals surface area (Å²) in [6, 6.07) is 12.1. The van der Waals surface area contributed by atoms with Crippen LogP contribution in [0.3, 0.4) is 0 Å². The zero-order valence-corrected chi connectivity index (χ0v) is 17.5. The van der Waals surface area contributed by atoms with Crippen LogP contribution in [0.25, 0.3) is 21.9 Å². The van der Waals surface area contributed by atoms with Gasteiger partial charge >= 0.3 is 0 Å². The Morgan fingerprint density at radius 3 is 2.62 bits per heavy atom. The Kier molecular flexibility index (Phi) is 4.89. The number of hydrogen-bond donors (Lipinski definition) is 1. The molecule has 2 amide bonds. The summed E-state index contributed by atoms with van der Waals surface area (Å²) in [7, 11) is 1.47. The van der Waals surface area contributed by atoms with Crippen LogP contribution >= 0.6 is 0 Å². The van der Waals surface area contributed by atoms with Gasteiger partial charge in [0, 0.05) is 36.1 Å². The maximum Gasteiger partial charge on any atom is 0.289 e. The molecular formula is C24H21N3O5. The van der Waals surface area contributed by atoms with E-state index in [0.29, 0.717) is 39.5 Å². The number of hydrogen-bond acceptors (Lipinski definition) is 6. The average Bonchev–Trinajstić information content (AvgIpc) is 3.47. The van der Waals surface area contributed by atoms with Gasteiger partial charge in [0.1, 0.15) is 22.8 Å². The van der Waals surface area contributed by atoms with Gasteiger partial charge in [0.05, 0.1) is 18.2 Å². The second-order valence-corrected chi connectivity index (χ2v) is 7.65. The van der Waals surface area contributed by atoms with Crippen molar-refractivity contribution in [3.63, 3.8) is 0 Å². The highest BCUT2D eigenvalue weighted by atomic mass is 16.5. The Labute approximate surface area is 183 Å². The zero-order valence-electron chi connectivity index (χ0n) is 17.5. The van der Waals surface area contributed by atoms with E-state index in [9.17, 15) is 9.59 Å². The van der Waals surface area contributed by atoms with E-state index in [1.165, 1.54) is 7.11 Å². The van der Waals surface area contributed by atoms with Crippen molar-refractivity contribution in [3.05, 3.63) is 60.0 Å². The maximum atomic E-state index is 12.6. The number of fused-ring (bicyclic) bond motifs is 2. The Balaban J connectivity index is 1.49. The molecule has 1 saturated heterocycles. The third-order valence-electron chi connectivity index (χ3n) is 5.61. The zero-order chi connectivity index (χ0) is 22.2. The highest BCUT2D eigenvalue weighted by Gasteiger charge is 2.23. The fourth-order valence-electron chi connectivity index (χ4n) is 3.99. The van der Waals surface area contributed by atoms with Gasteiger partial charge in [-0.2, -0.15) is 0 Å². The predicted molar refractivity (Wildman–Crippen MR) is 118 cm³/mol. The molecule has 5 rings (SSSR count). The lowest BCUT2D eigenvalue weighted by Gasteiger charge is -2.12. The van der Waals surface area contributed by atoms with Crippen LogP contribution in [-0.4, -0.2) is 41.9 Å². The fraction of sp³-hybridized carbons (Fsp3) is 0.208. The smallest absolute Gasteiger partial charge is 0.289 e. The summed E-state index contributed by atoms with van der Waals surface area (Å²) in [6.45, 7) is 1.52. The van der Waals surface area contributed by atoms with Gasteiger partial charge in [0.2, 0.25) is 0 Å². The number of carbonyl (C=O) groups excluding carboxylic acids is 2. The van der Waals surface area contributed by atoms with Gasteiger partial charge in [-0.1, -0.05) is 0 Å². The third kappa shape index (κ3) is 3.49. The number of amides is 2. The molecule has 0 spiro atoms. The van der Waals surface area contributed by atoms with E-state index in [4.69, 9.17) is 19.6 Å². The molecule has 2 N–H and O–H groups in total. The molecule has 8 nitrogen and oxygen atoms in total. The van der Waals surface area contributed by atoms with Crippen LogP contribution in [-0.2, 0) is 0 Å². The van der Waals surface area contributed by atoms with E-state index in [1.807, 2.05) is 11.0 Å². The minimum atomic E-state index is -0.603. The summed E-state index contributed by atoms with van der Waals surface area (Å²) in [5.41, 5.74) is 6.96. The highest BCUT2D eigenvalue weighted by Crippen LogP contribution is 2.34. The molecular weight excluding hydrogens is 410 g/mol. The second kappa shape index (κ2) is 7.88. The Hall–Kier alpha value is -4.07. The quantitative estimate of drug-likeness (QED) is 0.509. The molecule has 0 unspecified atom stereocenters. The summed E-state index contributed by atoms with van der Waals surface area (Å²) in [4.78, 5) is 30.6. The Morgan fingerprint density at radius 2 is 1.88 bits per heavy atom. The van der Waals surface area contributed by atoms with Crippen molar-refractivity contribution in [2.45, 2.75) is 12.8 Å². The number of furan rings is 1. The van der Waals surface area contributed by atoms with Gasteiger partial charge in [-0.3, -0.25) is 14.6 Å². The van der Waals surface area contributed by atoms with Gasteiger partial charge in [-0.25, -0.2) is 0 Å². The Bertz CT molecular complexity index is 1350. The van der Waals surface area contributed by atoms with Crippen molar-refractivity contribution in [2.75, 3.05) is 20.2 Å². The van der Waals surface area contributed by atoms with E-state index >= 15 is 0 Å². The van der Waals surface area contributed by atoms with E-state index in [-0.39, 0.29) is 11.5 Å². The number of aromatic nitrogens is 1. The monoisotopic (exact) mass is 431 g/mol. The lowest BCUT2D eigenvalue weighted by atomic mass is 10.1. The number of likely N-dealkylation sites (tertiary alicyclic amines) is 1. The first-order valence-electron chi connectivity index (χ1n) is 10.3. The summed E-state index contributed by atoms with van der Waals surface area (Å²) in [6.07, 6.45) is 3.66. The lowest BCUT2D eigenvalue weighted by Crippen LogP contribution is -2.27. The van der Waals surface area contributed by atoms with Crippen LogP contribution < -0.4 is 15.2 Å². The lowest BCUT2D eigenvalue weighted by molar-refractivity contribution is 0.0763. The standard InChI is InChI=1S/C24H21N3O5/c1-30-21-13-18-16(12-17(21)23(25)28)20(6-7-26-18)31-15-4-5-19-14(10-15)11-22(32-19)24(29)27-8-2-3-9-27/h4-7,10-13H,2-3,8-9H2,1H3,(H2,25,28). The van der Waals surface area contributed by atoms with E-state index in [0.717, 1.165) is 31.3 Å². The number of ether oxygens (including phenoxy) is 2. The summed E-state index contributed by atoms with van der Waals surface area (Å²) in [5.74, 6) is 1.05. The number of methoxy groups -OCH3 is 1. The number of carbonyl (C=O) groups is 2. The normalized spacial score (nSPS) is 13.6. The van der Waals surface area contributed by atoms with Crippen LogP contribution in [0.1, 0.15) is 33.8 Å². The van der Waals surface area contributed by atoms with E-state index in [2.05, 4.69) is 4.98 Å². The summed E-state index contributed by atoms with van der Waals surface area (Å²) < 4.78 is 17.1. The van der Waals surface area contributed by atoms with Crippen LogP contribution in [0.4, 0.5) is 0 Å². The van der Waals surface area contributed by atoms with Crippen molar-refractivity contribution in [1.29, 1.82) is 0 Å². The minimum absolute atomic E-state index is 0.0887. The molecule has 2 aromatic carbocycles. The van der Waals surface area contributed by atoms with Gasteiger partial charge in [0.25, 0.3) is 11.8 Å². The molecule has 0 bridgehead atoms. The molecule has 0 atom stereocenters. The summed E-state index contributed by atoms with van der Waals surface area (Å²) >= 11 is 0. The molecule has 1 aliphatic heterocycles. The SMILES string of the molecule is COc1cc2nccc(Oc3ccc4oc(C(=O)N5CCCC5)cc4c3)c2cc1C(N)=O. The number of nitrogens with two attached hydrogens (primary N) is 1. The molecule has 32 heavy (non-hydrogen) atoms. The average molecular weight is 431 g/mol. The van der Waals surface area contributed by atoms with E-state index < -0.39 is 5.91 Å². The predicted octanol–water partition coefficient (Wildman–Crippen LogP) is 4.12. The molecule has 0 radical (unpaired) electrons. The summed E-state index contributed by atoms with van der Waals surface area (Å²) in [5, 5.41) is 1.39. The van der Waals surface area contributed by atoms with Gasteiger partial charge in [-0.05, 0) is 49.2 Å². The van der Waals surface area contributed by atoms with Crippen LogP contribution in [0.5, 0.6) is 17.2 Å². The van der Waals surface area contributed by atoms with Crippen molar-refractivity contribution in [3.8, 4) is 17.2 Å². The number of benzene rings is 2. The van der Waals surface area contributed by atoms with Gasteiger partial charge in [0.15, 0.2) is 5.76 Å². The largest absolute Gasteiger partial charge is 0.496 e. The molecule has 8 heteroatoms. The Morgan fingerprint density at radius 1 is 1.06 bits per heavy atom. The van der Waals surface area contributed by atoms with Crippen LogP contribution in [0.15, 0.2) is 53.1 Å². The molecule has 3 heterocycles. The van der Waals surface area contributed by atoms with Crippen LogP contribution in [0.2, 0.25) is 0 Å². The van der Waals surface area contributed by atoms with Crippen molar-refractivity contribution < 1.29 is 23.5 Å². The molecule has 0 aliphatic carbocycles. The first-order chi connectivity index (χ1) is 15.5. The van der Waals surface area contributed by atoms with Crippen molar-refractivity contribution >= 4 is 33.7 Å². The molecule has 4 aromatic rings. The molecule has 0 saturated carbocycles. The molecule has 2 aromatic heterocycles. The highest BCUT2D eigenvalue weighted by molar-refractivity contribution is 6.01. The third-order valence-corrected chi connectivity index (χ3v) is 5.61.